The van der Waals surface area contributed by atoms with E-state index >= 15 is 0 Å². The van der Waals surface area contributed by atoms with E-state index in [1.54, 1.807) is 36.7 Å². The van der Waals surface area contributed by atoms with Gasteiger partial charge in [-0.25, -0.2) is 9.18 Å². The topological polar surface area (TPSA) is 94.2 Å². The Kier molecular flexibility index (Phi) is 5.16. The van der Waals surface area contributed by atoms with Crippen LogP contribution in [0.4, 0.5) is 10.3 Å². The molecule has 0 aliphatic carbocycles. The second-order valence-electron chi connectivity index (χ2n) is 8.06. The van der Waals surface area contributed by atoms with Crippen LogP contribution in [0.15, 0.2) is 27.8 Å². The van der Waals surface area contributed by atoms with Crippen molar-refractivity contribution in [1.82, 2.24) is 24.0 Å². The number of nitrogens with zero attached hydrogens (tertiary/aromatic N) is 5. The van der Waals surface area contributed by atoms with Crippen molar-refractivity contribution in [3.05, 3.63) is 56.0 Å². The van der Waals surface area contributed by atoms with E-state index in [9.17, 15) is 18.8 Å². The Labute approximate surface area is 177 Å². The number of amides is 1. The number of carbonyl (C=O) groups excluding carboxylic acids is 1. The monoisotopic (exact) mass is 428 g/mol. The quantitative estimate of drug-likeness (QED) is 0.658. The average Bonchev–Trinajstić information content (AvgIpc) is 3.32. The largest absolute Gasteiger partial charge is 0.352 e. The summed E-state index contributed by atoms with van der Waals surface area (Å²) in [6, 6.07) is 5.08. The van der Waals surface area contributed by atoms with Gasteiger partial charge in [0.15, 0.2) is 11.2 Å². The number of aromatic nitrogens is 4. The van der Waals surface area contributed by atoms with E-state index in [0.29, 0.717) is 30.2 Å². The number of carbonyl (C=O) groups is 1. The van der Waals surface area contributed by atoms with Gasteiger partial charge in [0, 0.05) is 45.7 Å². The van der Waals surface area contributed by atoms with Gasteiger partial charge in [0.2, 0.25) is 11.9 Å². The highest BCUT2D eigenvalue weighted by Crippen LogP contribution is 2.26. The van der Waals surface area contributed by atoms with Gasteiger partial charge in [0.25, 0.3) is 5.56 Å². The van der Waals surface area contributed by atoms with Gasteiger partial charge < -0.3 is 10.2 Å². The summed E-state index contributed by atoms with van der Waals surface area (Å²) in [6.07, 6.45) is 0.721. The van der Waals surface area contributed by atoms with E-state index in [2.05, 4.69) is 10.3 Å². The fraction of sp³-hybridized carbons (Fsp3) is 0.429. The lowest BCUT2D eigenvalue weighted by atomic mass is 10.1. The number of hydrogen-bond acceptors (Lipinski definition) is 5. The first-order valence-corrected chi connectivity index (χ1v) is 10.1. The lowest BCUT2D eigenvalue weighted by Gasteiger charge is -2.20. The molecule has 10 heteroatoms. The summed E-state index contributed by atoms with van der Waals surface area (Å²) >= 11 is 0. The van der Waals surface area contributed by atoms with Crippen LogP contribution in [0, 0.1) is 12.7 Å². The average molecular weight is 428 g/mol. The molecule has 4 rings (SSSR count). The van der Waals surface area contributed by atoms with Gasteiger partial charge in [-0.2, -0.15) is 4.98 Å². The molecule has 1 amide bonds. The Morgan fingerprint density at radius 3 is 2.71 bits per heavy atom. The van der Waals surface area contributed by atoms with E-state index < -0.39 is 11.2 Å². The summed E-state index contributed by atoms with van der Waals surface area (Å²) in [5.74, 6) is 0.0231. The summed E-state index contributed by atoms with van der Waals surface area (Å²) in [4.78, 5) is 43.5. The van der Waals surface area contributed by atoms with Crippen LogP contribution in [0.25, 0.3) is 11.2 Å². The number of anilines is 1. The van der Waals surface area contributed by atoms with Gasteiger partial charge in [-0.3, -0.25) is 23.3 Å². The first kappa shape index (κ1) is 20.8. The Morgan fingerprint density at radius 2 is 2.00 bits per heavy atom. The van der Waals surface area contributed by atoms with Crippen molar-refractivity contribution in [2.75, 3.05) is 18.0 Å². The molecule has 1 saturated heterocycles. The van der Waals surface area contributed by atoms with Gasteiger partial charge in [-0.05, 0) is 18.9 Å². The predicted octanol–water partition coefficient (Wildman–Crippen LogP) is 0.644. The number of benzene rings is 1. The van der Waals surface area contributed by atoms with Crippen LogP contribution in [0.5, 0.6) is 0 Å². The van der Waals surface area contributed by atoms with E-state index in [0.717, 1.165) is 11.0 Å². The molecule has 164 valence electrons. The zero-order valence-electron chi connectivity index (χ0n) is 18.0. The molecule has 3 aromatic rings. The molecule has 3 heterocycles. The molecule has 0 spiro atoms. The lowest BCUT2D eigenvalue weighted by molar-refractivity contribution is -0.119. The summed E-state index contributed by atoms with van der Waals surface area (Å²) in [5.41, 5.74) is 0.461. The number of hydrogen-bond donors (Lipinski definition) is 1. The number of imidazole rings is 1. The van der Waals surface area contributed by atoms with Gasteiger partial charge in [-0.1, -0.05) is 18.2 Å². The zero-order valence-corrected chi connectivity index (χ0v) is 18.0. The number of halogens is 1. The number of aryl methyl sites for hydroxylation is 2. The normalized spacial score (nSPS) is 16.3. The molecule has 1 aliphatic rings. The predicted molar refractivity (Wildman–Crippen MR) is 115 cm³/mol. The van der Waals surface area contributed by atoms with E-state index in [4.69, 9.17) is 0 Å². The van der Waals surface area contributed by atoms with Crippen LogP contribution >= 0.6 is 0 Å². The van der Waals surface area contributed by atoms with E-state index in [1.807, 2.05) is 4.90 Å². The molecule has 1 aromatic carbocycles. The Morgan fingerprint density at radius 1 is 1.26 bits per heavy atom. The molecule has 31 heavy (non-hydrogen) atoms. The molecule has 1 fully saturated rings. The number of rotatable bonds is 4. The fourth-order valence-corrected chi connectivity index (χ4v) is 4.17. The Balaban J connectivity index is 1.90. The third-order valence-electron chi connectivity index (χ3n) is 5.81. The van der Waals surface area contributed by atoms with Gasteiger partial charge >= 0.3 is 5.69 Å². The highest BCUT2D eigenvalue weighted by atomic mass is 19.1. The van der Waals surface area contributed by atoms with Gasteiger partial charge in [0.05, 0.1) is 6.54 Å². The highest BCUT2D eigenvalue weighted by Gasteiger charge is 2.29. The van der Waals surface area contributed by atoms with Crippen molar-refractivity contribution in [1.29, 1.82) is 0 Å². The molecule has 1 atom stereocenters. The summed E-state index contributed by atoms with van der Waals surface area (Å²) in [7, 11) is 2.97. The standard InChI is InChI=1S/C21H25FN6O3/c1-12-6-5-7-14(16(12)22)10-28-17-18(25(3)21(31)26(4)19(17)30)24-20(28)27-9-8-15(11-27)23-13(2)29/h5-7,15H,8-11H2,1-4H3,(H,23,29). The molecule has 1 N–H and O–H groups in total. The minimum atomic E-state index is -0.484. The van der Waals surface area contributed by atoms with Gasteiger partial charge in [0.1, 0.15) is 5.82 Å². The molecule has 0 saturated carbocycles. The van der Waals surface area contributed by atoms with Crippen molar-refractivity contribution >= 4 is 23.0 Å². The van der Waals surface area contributed by atoms with E-state index in [1.165, 1.54) is 18.5 Å². The first-order valence-electron chi connectivity index (χ1n) is 10.1. The summed E-state index contributed by atoms with van der Waals surface area (Å²) in [5, 5.41) is 2.90. The number of nitrogens with one attached hydrogen (secondary N) is 1. The maximum atomic E-state index is 14.8. The van der Waals surface area contributed by atoms with Crippen LogP contribution in [-0.2, 0) is 25.4 Å². The van der Waals surface area contributed by atoms with Gasteiger partial charge in [-0.15, -0.1) is 0 Å². The van der Waals surface area contributed by atoms with Crippen LogP contribution in [0.3, 0.4) is 0 Å². The van der Waals surface area contributed by atoms with Crippen molar-refractivity contribution in [2.24, 2.45) is 14.1 Å². The van der Waals surface area contributed by atoms with Crippen molar-refractivity contribution in [3.63, 3.8) is 0 Å². The minimum Gasteiger partial charge on any atom is -0.352 e. The Bertz CT molecular complexity index is 1310. The SMILES string of the molecule is CC(=O)NC1CCN(c2nc3c(c(=O)n(C)c(=O)n3C)n2Cc2cccc(C)c2F)C1. The van der Waals surface area contributed by atoms with Crippen LogP contribution in [0.2, 0.25) is 0 Å². The molecule has 1 unspecified atom stereocenters. The Hall–Kier alpha value is -3.43. The molecule has 2 aromatic heterocycles. The second kappa shape index (κ2) is 7.68. The third kappa shape index (κ3) is 3.51. The maximum Gasteiger partial charge on any atom is 0.332 e. The van der Waals surface area contributed by atoms with Crippen molar-refractivity contribution in [2.45, 2.75) is 32.9 Å². The zero-order chi connectivity index (χ0) is 22.4. The fourth-order valence-electron chi connectivity index (χ4n) is 4.17. The van der Waals surface area contributed by atoms with Crippen molar-refractivity contribution < 1.29 is 9.18 Å². The second-order valence-corrected chi connectivity index (χ2v) is 8.06. The van der Waals surface area contributed by atoms with E-state index in [-0.39, 0.29) is 35.5 Å². The minimum absolute atomic E-state index is 0.0480. The van der Waals surface area contributed by atoms with Crippen LogP contribution in [-0.4, -0.2) is 43.7 Å². The maximum absolute atomic E-state index is 14.8. The highest BCUT2D eigenvalue weighted by molar-refractivity contribution is 5.75. The molecular formula is C21H25FN6O3. The third-order valence-corrected chi connectivity index (χ3v) is 5.81. The summed E-state index contributed by atoms with van der Waals surface area (Å²) in [6.45, 7) is 4.37. The first-order chi connectivity index (χ1) is 14.7. The lowest BCUT2D eigenvalue weighted by Crippen LogP contribution is -2.37. The summed E-state index contributed by atoms with van der Waals surface area (Å²) < 4.78 is 18.8. The van der Waals surface area contributed by atoms with Crippen molar-refractivity contribution in [3.8, 4) is 0 Å². The molecule has 1 aliphatic heterocycles. The number of fused-ring (bicyclic) bond motifs is 1. The molecule has 0 radical (unpaired) electrons. The molecule has 0 bridgehead atoms. The van der Waals surface area contributed by atoms with Crippen LogP contribution < -0.4 is 21.5 Å². The molecule has 9 nitrogen and oxygen atoms in total. The van der Waals surface area contributed by atoms with Crippen LogP contribution in [0.1, 0.15) is 24.5 Å². The molecular weight excluding hydrogens is 403 g/mol. The smallest absolute Gasteiger partial charge is 0.332 e.